The van der Waals surface area contributed by atoms with Crippen LogP contribution in [-0.2, 0) is 0 Å². The Morgan fingerprint density at radius 1 is 1.29 bits per heavy atom. The van der Waals surface area contributed by atoms with E-state index in [0.717, 1.165) is 0 Å². The normalized spacial score (nSPS) is 8.57. The zero-order valence-electron chi connectivity index (χ0n) is 3.89. The van der Waals surface area contributed by atoms with Crippen LogP contribution in [0.5, 0.6) is 0 Å². The van der Waals surface area contributed by atoms with Crippen LogP contribution in [0.3, 0.4) is 0 Å². The lowest BCUT2D eigenvalue weighted by Crippen LogP contribution is -2.04. The molecule has 2 nitrogen and oxygen atoms in total. The first-order valence-corrected chi connectivity index (χ1v) is 2.03. The van der Waals surface area contributed by atoms with Gasteiger partial charge in [0.1, 0.15) is 0 Å². The standard InChI is InChI=1S/C4H10O2.H4Si/c1-4(2-5)3-6;/h4-6H,2-3H2,1H3;1H4. The number of hydrogen-bond donors (Lipinski definition) is 2. The third kappa shape index (κ3) is 6.14. The molecule has 0 fully saturated rings. The van der Waals surface area contributed by atoms with Crippen molar-refractivity contribution in [2.75, 3.05) is 13.2 Å². The van der Waals surface area contributed by atoms with Gasteiger partial charge in [-0.25, -0.2) is 0 Å². The van der Waals surface area contributed by atoms with Crippen molar-refractivity contribution in [2.45, 2.75) is 6.92 Å². The SMILES string of the molecule is CC(CO)CO.[SiH4]. The molecule has 0 aliphatic heterocycles. The number of rotatable bonds is 2. The molecule has 0 aromatic rings. The van der Waals surface area contributed by atoms with Gasteiger partial charge in [-0.3, -0.25) is 0 Å². The summed E-state index contributed by atoms with van der Waals surface area (Å²) in [7, 11) is 0. The molecule has 0 unspecified atom stereocenters. The summed E-state index contributed by atoms with van der Waals surface area (Å²) in [5.74, 6) is 0.0463. The van der Waals surface area contributed by atoms with Crippen molar-refractivity contribution in [3.63, 3.8) is 0 Å². The molecule has 0 amide bonds. The van der Waals surface area contributed by atoms with Crippen LogP contribution in [0, 0.1) is 5.92 Å². The fourth-order valence-corrected chi connectivity index (χ4v) is 0.0577. The van der Waals surface area contributed by atoms with Crippen LogP contribution in [0.1, 0.15) is 6.92 Å². The van der Waals surface area contributed by atoms with Crippen LogP contribution in [0.4, 0.5) is 0 Å². The predicted molar refractivity (Wildman–Crippen MR) is 34.7 cm³/mol. The van der Waals surface area contributed by atoms with Gasteiger partial charge in [-0.1, -0.05) is 6.92 Å². The molecule has 3 heteroatoms. The lowest BCUT2D eigenvalue weighted by molar-refractivity contribution is 0.162. The van der Waals surface area contributed by atoms with E-state index in [9.17, 15) is 0 Å². The van der Waals surface area contributed by atoms with Crippen molar-refractivity contribution in [1.82, 2.24) is 0 Å². The van der Waals surface area contributed by atoms with Crippen molar-refractivity contribution < 1.29 is 10.2 Å². The quantitative estimate of drug-likeness (QED) is 0.422. The van der Waals surface area contributed by atoms with Crippen LogP contribution < -0.4 is 0 Å². The Hall–Kier alpha value is 0.137. The van der Waals surface area contributed by atoms with Crippen LogP contribution in [0.2, 0.25) is 0 Å². The average molecular weight is 122 g/mol. The minimum absolute atomic E-state index is 0. The first kappa shape index (κ1) is 10.2. The minimum Gasteiger partial charge on any atom is -0.396 e. The summed E-state index contributed by atoms with van der Waals surface area (Å²) >= 11 is 0. The monoisotopic (exact) mass is 122 g/mol. The molecule has 46 valence electrons. The number of aliphatic hydroxyl groups is 2. The third-order valence-electron chi connectivity index (χ3n) is 0.623. The van der Waals surface area contributed by atoms with Gasteiger partial charge in [0.25, 0.3) is 0 Å². The summed E-state index contributed by atoms with van der Waals surface area (Å²) in [4.78, 5) is 0. The summed E-state index contributed by atoms with van der Waals surface area (Å²) in [5, 5.41) is 16.3. The molecule has 0 bridgehead atoms. The van der Waals surface area contributed by atoms with E-state index in [1.807, 2.05) is 0 Å². The third-order valence-corrected chi connectivity index (χ3v) is 0.623. The van der Waals surface area contributed by atoms with Gasteiger partial charge in [0.2, 0.25) is 0 Å². The molecule has 0 aliphatic rings. The van der Waals surface area contributed by atoms with Gasteiger partial charge in [0.15, 0.2) is 0 Å². The molecule has 0 spiro atoms. The molecule has 0 saturated carbocycles. The van der Waals surface area contributed by atoms with Crippen LogP contribution >= 0.6 is 0 Å². The highest BCUT2D eigenvalue weighted by atomic mass is 28.1. The van der Waals surface area contributed by atoms with Gasteiger partial charge in [-0.15, -0.1) is 0 Å². The summed E-state index contributed by atoms with van der Waals surface area (Å²) < 4.78 is 0. The highest BCUT2D eigenvalue weighted by Crippen LogP contribution is 1.85. The topological polar surface area (TPSA) is 40.5 Å². The van der Waals surface area contributed by atoms with E-state index >= 15 is 0 Å². The zero-order chi connectivity index (χ0) is 4.99. The summed E-state index contributed by atoms with van der Waals surface area (Å²) in [6.45, 7) is 1.94. The lowest BCUT2D eigenvalue weighted by Gasteiger charge is -1.97. The average Bonchev–Trinajstić information content (AvgIpc) is 1.65. The van der Waals surface area contributed by atoms with Crippen LogP contribution in [0.25, 0.3) is 0 Å². The molecule has 2 N–H and O–H groups in total. The van der Waals surface area contributed by atoms with Gasteiger partial charge in [0.05, 0.1) is 0 Å². The van der Waals surface area contributed by atoms with E-state index in [0.29, 0.717) is 0 Å². The fraction of sp³-hybridized carbons (Fsp3) is 1.00. The number of hydrogen-bond acceptors (Lipinski definition) is 2. The molecular formula is C4H14O2Si. The van der Waals surface area contributed by atoms with Gasteiger partial charge in [-0.05, 0) is 11.0 Å². The second-order valence-corrected chi connectivity index (χ2v) is 1.47. The molecule has 0 aromatic heterocycles. The Balaban J connectivity index is 0. The first-order chi connectivity index (χ1) is 2.81. The largest absolute Gasteiger partial charge is 0.396 e. The first-order valence-electron chi connectivity index (χ1n) is 2.03. The molecule has 0 rings (SSSR count). The smallest absolute Gasteiger partial charge is 0.0478 e. The summed E-state index contributed by atoms with van der Waals surface area (Å²) in [6, 6.07) is 0. The van der Waals surface area contributed by atoms with Crippen molar-refractivity contribution in [1.29, 1.82) is 0 Å². The maximum absolute atomic E-state index is 8.17. The van der Waals surface area contributed by atoms with E-state index in [2.05, 4.69) is 0 Å². The lowest BCUT2D eigenvalue weighted by atomic mass is 10.2. The minimum atomic E-state index is 0. The highest BCUT2D eigenvalue weighted by molar-refractivity contribution is 5.75. The van der Waals surface area contributed by atoms with Gasteiger partial charge in [-0.2, -0.15) is 0 Å². The molecular weight excluding hydrogens is 108 g/mol. The van der Waals surface area contributed by atoms with E-state index < -0.39 is 0 Å². The molecule has 0 radical (unpaired) electrons. The van der Waals surface area contributed by atoms with Crippen molar-refractivity contribution in [3.8, 4) is 0 Å². The highest BCUT2D eigenvalue weighted by Gasteiger charge is 1.91. The fourth-order valence-electron chi connectivity index (χ4n) is 0.0577. The molecule has 0 heterocycles. The van der Waals surface area contributed by atoms with Gasteiger partial charge >= 0.3 is 0 Å². The summed E-state index contributed by atoms with van der Waals surface area (Å²) in [5.41, 5.74) is 0. The molecule has 0 aliphatic carbocycles. The summed E-state index contributed by atoms with van der Waals surface area (Å²) in [6.07, 6.45) is 0. The van der Waals surface area contributed by atoms with Crippen molar-refractivity contribution in [3.05, 3.63) is 0 Å². The molecule has 0 atom stereocenters. The molecule has 7 heavy (non-hydrogen) atoms. The van der Waals surface area contributed by atoms with E-state index in [-0.39, 0.29) is 30.1 Å². The Morgan fingerprint density at radius 3 is 1.57 bits per heavy atom. The Morgan fingerprint density at radius 2 is 1.57 bits per heavy atom. The maximum Gasteiger partial charge on any atom is 0.0478 e. The van der Waals surface area contributed by atoms with Crippen molar-refractivity contribution in [2.24, 2.45) is 5.92 Å². The molecule has 0 saturated heterocycles. The zero-order valence-corrected chi connectivity index (χ0v) is 3.89. The van der Waals surface area contributed by atoms with E-state index in [4.69, 9.17) is 10.2 Å². The Labute approximate surface area is 48.2 Å². The van der Waals surface area contributed by atoms with Crippen LogP contribution in [0.15, 0.2) is 0 Å². The van der Waals surface area contributed by atoms with Gasteiger partial charge < -0.3 is 10.2 Å². The Bertz CT molecular complexity index is 28.9. The maximum atomic E-state index is 8.17. The van der Waals surface area contributed by atoms with Gasteiger partial charge in [0, 0.05) is 19.1 Å². The number of aliphatic hydroxyl groups excluding tert-OH is 2. The van der Waals surface area contributed by atoms with E-state index in [1.54, 1.807) is 6.92 Å². The predicted octanol–water partition coefficient (Wildman–Crippen LogP) is -1.84. The molecule has 0 aromatic carbocycles. The second kappa shape index (κ2) is 6.14. The Kier molecular flexibility index (Phi) is 8.93. The van der Waals surface area contributed by atoms with Crippen molar-refractivity contribution >= 4 is 11.0 Å². The second-order valence-electron chi connectivity index (χ2n) is 1.47. The van der Waals surface area contributed by atoms with Crippen LogP contribution in [-0.4, -0.2) is 34.4 Å². The van der Waals surface area contributed by atoms with E-state index in [1.165, 1.54) is 0 Å².